The highest BCUT2D eigenvalue weighted by Crippen LogP contribution is 2.33. The van der Waals surface area contributed by atoms with Crippen LogP contribution in [-0.2, 0) is 0 Å². The number of halogens is 2. The van der Waals surface area contributed by atoms with E-state index in [0.29, 0.717) is 21.7 Å². The molecule has 0 amide bonds. The molecule has 0 unspecified atom stereocenters. The number of aliphatic hydroxyl groups is 1. The smallest absolute Gasteiger partial charge is 0.150 e. The summed E-state index contributed by atoms with van der Waals surface area (Å²) in [5.41, 5.74) is -0.452. The van der Waals surface area contributed by atoms with Gasteiger partial charge in [0.2, 0.25) is 0 Å². The van der Waals surface area contributed by atoms with Gasteiger partial charge in [-0.25, -0.2) is 4.98 Å². The van der Waals surface area contributed by atoms with E-state index in [1.54, 1.807) is 6.07 Å². The first-order valence-electron chi connectivity index (χ1n) is 6.28. The van der Waals surface area contributed by atoms with Gasteiger partial charge < -0.3 is 15.3 Å². The van der Waals surface area contributed by atoms with Crippen molar-refractivity contribution in [3.8, 4) is 0 Å². The molecule has 4 nitrogen and oxygen atoms in total. The van der Waals surface area contributed by atoms with Gasteiger partial charge in [0, 0.05) is 13.6 Å². The lowest BCUT2D eigenvalue weighted by Crippen LogP contribution is -2.45. The second-order valence-corrected chi connectivity index (χ2v) is 5.89. The van der Waals surface area contributed by atoms with Crippen LogP contribution in [0.5, 0.6) is 0 Å². The van der Waals surface area contributed by atoms with E-state index < -0.39 is 5.54 Å². The van der Waals surface area contributed by atoms with Crippen LogP contribution in [0.2, 0.25) is 10.0 Å². The Morgan fingerprint density at radius 1 is 1.37 bits per heavy atom. The van der Waals surface area contributed by atoms with Gasteiger partial charge >= 0.3 is 0 Å². The molecule has 0 aromatic carbocycles. The third kappa shape index (κ3) is 3.88. The monoisotopic (exact) mass is 305 g/mol. The number of aliphatic hydroxyl groups excluding tert-OH is 1. The van der Waals surface area contributed by atoms with E-state index in [1.165, 1.54) is 0 Å². The maximum absolute atomic E-state index is 9.43. The van der Waals surface area contributed by atoms with E-state index in [1.807, 2.05) is 25.8 Å². The highest BCUT2D eigenvalue weighted by atomic mass is 35.5. The zero-order valence-electron chi connectivity index (χ0n) is 11.8. The zero-order valence-corrected chi connectivity index (χ0v) is 13.3. The van der Waals surface area contributed by atoms with E-state index >= 15 is 0 Å². The molecule has 0 saturated heterocycles. The van der Waals surface area contributed by atoms with Gasteiger partial charge in [0.25, 0.3) is 0 Å². The van der Waals surface area contributed by atoms with E-state index in [-0.39, 0.29) is 6.61 Å². The van der Waals surface area contributed by atoms with Crippen LogP contribution in [0.15, 0.2) is 6.07 Å². The molecule has 1 aromatic heterocycles. The molecule has 0 saturated carbocycles. The number of aromatic nitrogens is 1. The molecule has 0 atom stereocenters. The minimum absolute atomic E-state index is 0.00184. The maximum atomic E-state index is 9.43. The fraction of sp³-hybridized carbons (Fsp3) is 0.615. The molecule has 108 valence electrons. The van der Waals surface area contributed by atoms with Crippen molar-refractivity contribution in [2.24, 2.45) is 0 Å². The Kier molecular flexibility index (Phi) is 5.71. The Bertz CT molecular complexity index is 438. The van der Waals surface area contributed by atoms with E-state index in [0.717, 1.165) is 13.0 Å². The van der Waals surface area contributed by atoms with Gasteiger partial charge in [-0.15, -0.1) is 0 Å². The van der Waals surface area contributed by atoms with Gasteiger partial charge in [0.1, 0.15) is 11.6 Å². The fourth-order valence-electron chi connectivity index (χ4n) is 1.45. The van der Waals surface area contributed by atoms with Crippen LogP contribution in [0.25, 0.3) is 0 Å². The van der Waals surface area contributed by atoms with Crippen molar-refractivity contribution in [2.75, 3.05) is 30.4 Å². The number of nitrogens with one attached hydrogen (secondary N) is 1. The number of hydrogen-bond donors (Lipinski definition) is 2. The van der Waals surface area contributed by atoms with Crippen LogP contribution in [0, 0.1) is 0 Å². The normalized spacial score (nSPS) is 11.5. The van der Waals surface area contributed by atoms with Crippen LogP contribution in [0.1, 0.15) is 27.2 Å². The molecular formula is C13H21Cl2N3O. The number of likely N-dealkylation sites (N-methyl/N-ethyl adjacent to an activating group) is 1. The average molecular weight is 306 g/mol. The largest absolute Gasteiger partial charge is 0.394 e. The quantitative estimate of drug-likeness (QED) is 0.845. The van der Waals surface area contributed by atoms with Crippen molar-refractivity contribution in [1.82, 2.24) is 4.98 Å². The van der Waals surface area contributed by atoms with Gasteiger partial charge in [-0.2, -0.15) is 0 Å². The Morgan fingerprint density at radius 3 is 2.53 bits per heavy atom. The molecule has 0 fully saturated rings. The number of hydrogen-bond acceptors (Lipinski definition) is 4. The van der Waals surface area contributed by atoms with Crippen LogP contribution < -0.4 is 10.2 Å². The molecular weight excluding hydrogens is 285 g/mol. The summed E-state index contributed by atoms with van der Waals surface area (Å²) in [5, 5.41) is 13.6. The molecule has 1 rings (SSSR count). The molecule has 1 aromatic rings. The highest BCUT2D eigenvalue weighted by molar-refractivity contribution is 6.37. The first-order chi connectivity index (χ1) is 8.83. The number of nitrogens with zero attached hydrogens (tertiary/aromatic N) is 2. The Morgan fingerprint density at radius 2 is 2.00 bits per heavy atom. The molecule has 0 aliphatic rings. The second kappa shape index (κ2) is 6.64. The molecule has 0 radical (unpaired) electrons. The fourth-order valence-corrected chi connectivity index (χ4v) is 2.00. The standard InChI is InChI=1S/C13H21Cl2N3O/c1-5-6-16-11-9(14)7-10(15)12(17-11)18(4)13(2,3)8-19/h7,19H,5-6,8H2,1-4H3,(H,16,17). The zero-order chi connectivity index (χ0) is 14.6. The lowest BCUT2D eigenvalue weighted by Gasteiger charge is -2.35. The molecule has 19 heavy (non-hydrogen) atoms. The van der Waals surface area contributed by atoms with E-state index in [9.17, 15) is 5.11 Å². The highest BCUT2D eigenvalue weighted by Gasteiger charge is 2.26. The Labute approximate surface area is 124 Å². The average Bonchev–Trinajstić information content (AvgIpc) is 2.37. The lowest BCUT2D eigenvalue weighted by molar-refractivity contribution is 0.215. The molecule has 6 heteroatoms. The van der Waals surface area contributed by atoms with Crippen molar-refractivity contribution >= 4 is 34.8 Å². The van der Waals surface area contributed by atoms with E-state index in [4.69, 9.17) is 23.2 Å². The lowest BCUT2D eigenvalue weighted by atomic mass is 10.1. The first-order valence-corrected chi connectivity index (χ1v) is 7.03. The van der Waals surface area contributed by atoms with Crippen molar-refractivity contribution in [2.45, 2.75) is 32.7 Å². The molecule has 0 bridgehead atoms. The Hall–Kier alpha value is -0.710. The topological polar surface area (TPSA) is 48.4 Å². The predicted molar refractivity (Wildman–Crippen MR) is 82.6 cm³/mol. The van der Waals surface area contributed by atoms with Gasteiger partial charge in [0.05, 0.1) is 22.2 Å². The SMILES string of the molecule is CCCNc1nc(N(C)C(C)(C)CO)c(Cl)cc1Cl. The summed E-state index contributed by atoms with van der Waals surface area (Å²) in [6.07, 6.45) is 0.980. The third-order valence-electron chi connectivity index (χ3n) is 3.07. The minimum Gasteiger partial charge on any atom is -0.394 e. The summed E-state index contributed by atoms with van der Waals surface area (Å²) in [7, 11) is 1.85. The number of rotatable bonds is 6. The molecule has 1 heterocycles. The number of anilines is 2. The summed E-state index contributed by atoms with van der Waals surface area (Å²) >= 11 is 12.3. The van der Waals surface area contributed by atoms with Crippen LogP contribution in [0.4, 0.5) is 11.6 Å². The summed E-state index contributed by atoms with van der Waals surface area (Å²) in [5.74, 6) is 1.22. The summed E-state index contributed by atoms with van der Waals surface area (Å²) in [6, 6.07) is 1.67. The summed E-state index contributed by atoms with van der Waals surface area (Å²) in [6.45, 7) is 6.69. The van der Waals surface area contributed by atoms with E-state index in [2.05, 4.69) is 17.2 Å². The van der Waals surface area contributed by atoms with Gasteiger partial charge in [0.15, 0.2) is 0 Å². The van der Waals surface area contributed by atoms with Gasteiger partial charge in [-0.1, -0.05) is 30.1 Å². The van der Waals surface area contributed by atoms with Crippen LogP contribution >= 0.6 is 23.2 Å². The Balaban J connectivity index is 3.13. The summed E-state index contributed by atoms with van der Waals surface area (Å²) in [4.78, 5) is 6.31. The van der Waals surface area contributed by atoms with Crippen molar-refractivity contribution in [3.63, 3.8) is 0 Å². The van der Waals surface area contributed by atoms with Crippen LogP contribution in [-0.4, -0.2) is 35.8 Å². The number of pyridine rings is 1. The van der Waals surface area contributed by atoms with Crippen molar-refractivity contribution in [1.29, 1.82) is 0 Å². The van der Waals surface area contributed by atoms with Crippen molar-refractivity contribution in [3.05, 3.63) is 16.1 Å². The molecule has 2 N–H and O–H groups in total. The van der Waals surface area contributed by atoms with Gasteiger partial charge in [-0.05, 0) is 26.3 Å². The first kappa shape index (κ1) is 16.3. The second-order valence-electron chi connectivity index (χ2n) is 5.08. The maximum Gasteiger partial charge on any atom is 0.150 e. The third-order valence-corrected chi connectivity index (χ3v) is 3.63. The van der Waals surface area contributed by atoms with Crippen molar-refractivity contribution < 1.29 is 5.11 Å². The minimum atomic E-state index is -0.452. The van der Waals surface area contributed by atoms with Crippen LogP contribution in [0.3, 0.4) is 0 Å². The van der Waals surface area contributed by atoms with Gasteiger partial charge in [-0.3, -0.25) is 0 Å². The summed E-state index contributed by atoms with van der Waals surface area (Å²) < 4.78 is 0. The molecule has 0 aliphatic heterocycles. The molecule has 0 spiro atoms. The predicted octanol–water partition coefficient (Wildman–Crippen LogP) is 3.42. The molecule has 0 aliphatic carbocycles.